The number of aromatic nitrogens is 2. The number of methoxy groups -OCH3 is 1. The lowest BCUT2D eigenvalue weighted by Crippen LogP contribution is -2.31. The number of hydrogen-bond donors (Lipinski definition) is 1. The van der Waals surface area contributed by atoms with Gasteiger partial charge in [-0.3, -0.25) is 9.36 Å². The maximum atomic E-state index is 12.2. The van der Waals surface area contributed by atoms with Gasteiger partial charge in [0.2, 0.25) is 0 Å². The molecule has 0 spiro atoms. The summed E-state index contributed by atoms with van der Waals surface area (Å²) >= 11 is 0. The molecule has 0 unspecified atom stereocenters. The van der Waals surface area contributed by atoms with E-state index in [1.165, 1.54) is 0 Å². The normalized spacial score (nSPS) is 15.0. The van der Waals surface area contributed by atoms with Gasteiger partial charge in [-0.05, 0) is 30.2 Å². The molecule has 1 amide bonds. The molecule has 5 rings (SSSR count). The van der Waals surface area contributed by atoms with Crippen molar-refractivity contribution >= 4 is 5.91 Å². The van der Waals surface area contributed by atoms with Gasteiger partial charge in [-0.25, -0.2) is 4.98 Å². The van der Waals surface area contributed by atoms with Crippen molar-refractivity contribution in [1.82, 2.24) is 14.9 Å². The fraction of sp³-hybridized carbons (Fsp3) is 0.238. The Morgan fingerprint density at radius 3 is 2.75 bits per heavy atom. The first-order chi connectivity index (χ1) is 13.7. The second kappa shape index (κ2) is 6.60. The van der Waals surface area contributed by atoms with Gasteiger partial charge in [-0.15, -0.1) is 0 Å². The van der Waals surface area contributed by atoms with Crippen molar-refractivity contribution in [2.75, 3.05) is 26.9 Å². The number of nitrogens with zero attached hydrogens (tertiary/aromatic N) is 2. The van der Waals surface area contributed by atoms with E-state index in [0.717, 1.165) is 23.2 Å². The lowest BCUT2D eigenvalue weighted by Gasteiger charge is -2.21. The van der Waals surface area contributed by atoms with Crippen LogP contribution in [0.15, 0.2) is 42.7 Å². The smallest absolute Gasteiger partial charge is 0.251 e. The Balaban J connectivity index is 1.63. The quantitative estimate of drug-likeness (QED) is 0.759. The Morgan fingerprint density at radius 1 is 1.11 bits per heavy atom. The Kier molecular flexibility index (Phi) is 3.93. The van der Waals surface area contributed by atoms with Gasteiger partial charge in [0.05, 0.1) is 12.7 Å². The molecule has 1 aromatic heterocycles. The number of rotatable bonds is 3. The number of carbonyl (C=O) groups excluding carboxylic acids is 1. The summed E-state index contributed by atoms with van der Waals surface area (Å²) in [5, 5.41) is 2.90. The molecule has 28 heavy (non-hydrogen) atoms. The third-order valence-electron chi connectivity index (χ3n) is 5.04. The lowest BCUT2D eigenvalue weighted by atomic mass is 9.99. The van der Waals surface area contributed by atoms with E-state index >= 15 is 0 Å². The van der Waals surface area contributed by atoms with Crippen molar-refractivity contribution in [3.05, 3.63) is 53.9 Å². The molecule has 142 valence electrons. The van der Waals surface area contributed by atoms with Gasteiger partial charge in [-0.2, -0.15) is 0 Å². The maximum Gasteiger partial charge on any atom is 0.251 e. The molecule has 2 aliphatic rings. The van der Waals surface area contributed by atoms with E-state index in [9.17, 15) is 4.79 Å². The zero-order valence-electron chi connectivity index (χ0n) is 15.4. The van der Waals surface area contributed by atoms with E-state index in [4.69, 9.17) is 14.2 Å². The summed E-state index contributed by atoms with van der Waals surface area (Å²) in [5.41, 5.74) is 3.42. The average Bonchev–Trinajstić information content (AvgIpc) is 3.22. The second-order valence-corrected chi connectivity index (χ2v) is 6.66. The molecule has 1 N–H and O–H groups in total. The monoisotopic (exact) mass is 377 g/mol. The minimum absolute atomic E-state index is 0.0401. The Labute approximate surface area is 161 Å². The van der Waals surface area contributed by atoms with E-state index in [1.54, 1.807) is 13.3 Å². The molecule has 7 nitrogen and oxygen atoms in total. The van der Waals surface area contributed by atoms with Crippen LogP contribution in [0.25, 0.3) is 17.1 Å². The molecular weight excluding hydrogens is 358 g/mol. The number of fused-ring (bicyclic) bond motifs is 2. The van der Waals surface area contributed by atoms with Gasteiger partial charge in [0.1, 0.15) is 24.8 Å². The third kappa shape index (κ3) is 2.67. The van der Waals surface area contributed by atoms with Crippen LogP contribution in [0.4, 0.5) is 0 Å². The predicted molar refractivity (Wildman–Crippen MR) is 103 cm³/mol. The van der Waals surface area contributed by atoms with Crippen LogP contribution in [0.5, 0.6) is 17.2 Å². The highest BCUT2D eigenvalue weighted by molar-refractivity contribution is 5.97. The summed E-state index contributed by atoms with van der Waals surface area (Å²) in [6.45, 7) is 1.70. The van der Waals surface area contributed by atoms with Gasteiger partial charge in [0, 0.05) is 36.3 Å². The topological polar surface area (TPSA) is 74.6 Å². The Bertz CT molecular complexity index is 1070. The summed E-state index contributed by atoms with van der Waals surface area (Å²) in [6.07, 6.45) is 4.44. The Morgan fingerprint density at radius 2 is 1.93 bits per heavy atom. The molecule has 2 aromatic carbocycles. The largest absolute Gasteiger partial charge is 0.496 e. The van der Waals surface area contributed by atoms with E-state index < -0.39 is 0 Å². The highest BCUT2D eigenvalue weighted by Crippen LogP contribution is 2.41. The second-order valence-electron chi connectivity index (χ2n) is 6.66. The zero-order valence-corrected chi connectivity index (χ0v) is 15.4. The SMILES string of the molecule is COc1cc2c(cc1-c1nccn1-c1ccc3c(c1)C(=O)NCC3)OCCO2. The van der Waals surface area contributed by atoms with Crippen molar-refractivity contribution < 1.29 is 19.0 Å². The number of carbonyl (C=O) groups is 1. The number of hydrogen-bond acceptors (Lipinski definition) is 5. The van der Waals surface area contributed by atoms with Crippen molar-refractivity contribution in [3.63, 3.8) is 0 Å². The lowest BCUT2D eigenvalue weighted by molar-refractivity contribution is 0.0946. The average molecular weight is 377 g/mol. The summed E-state index contributed by atoms with van der Waals surface area (Å²) in [4.78, 5) is 16.8. The van der Waals surface area contributed by atoms with Crippen molar-refractivity contribution in [2.45, 2.75) is 6.42 Å². The maximum absolute atomic E-state index is 12.2. The van der Waals surface area contributed by atoms with Gasteiger partial charge >= 0.3 is 0 Å². The van der Waals surface area contributed by atoms with Crippen LogP contribution in [-0.2, 0) is 6.42 Å². The molecule has 0 saturated carbocycles. The molecule has 2 aliphatic heterocycles. The number of amides is 1. The summed E-state index contributed by atoms with van der Waals surface area (Å²) < 4.78 is 18.9. The first kappa shape index (κ1) is 16.7. The third-order valence-corrected chi connectivity index (χ3v) is 5.04. The van der Waals surface area contributed by atoms with Gasteiger partial charge < -0.3 is 19.5 Å². The predicted octanol–water partition coefficient (Wildman–Crippen LogP) is 2.60. The van der Waals surface area contributed by atoms with E-state index in [0.29, 0.717) is 48.4 Å². The molecule has 3 heterocycles. The van der Waals surface area contributed by atoms with Crippen molar-refractivity contribution in [2.24, 2.45) is 0 Å². The summed E-state index contributed by atoms with van der Waals surface area (Å²) in [7, 11) is 1.62. The highest BCUT2D eigenvalue weighted by atomic mass is 16.6. The standard InChI is InChI=1S/C21H19N3O4/c1-26-17-12-19-18(27-8-9-28-19)11-16(17)20-22-6-7-24(20)14-3-2-13-4-5-23-21(25)15(13)10-14/h2-3,6-7,10-12H,4-5,8-9H2,1H3,(H,23,25). The van der Waals surface area contributed by atoms with E-state index in [-0.39, 0.29) is 5.91 Å². The van der Waals surface area contributed by atoms with E-state index in [2.05, 4.69) is 10.3 Å². The molecule has 0 radical (unpaired) electrons. The van der Waals surface area contributed by atoms with Crippen LogP contribution in [0, 0.1) is 0 Å². The number of nitrogens with one attached hydrogen (secondary N) is 1. The summed E-state index contributed by atoms with van der Waals surface area (Å²) in [6, 6.07) is 9.63. The van der Waals surface area contributed by atoms with Crippen LogP contribution in [-0.4, -0.2) is 42.3 Å². The molecule has 0 fully saturated rings. The molecule has 0 bridgehead atoms. The zero-order chi connectivity index (χ0) is 19.1. The van der Waals surface area contributed by atoms with Crippen LogP contribution < -0.4 is 19.5 Å². The fourth-order valence-corrected chi connectivity index (χ4v) is 3.67. The first-order valence-electron chi connectivity index (χ1n) is 9.17. The van der Waals surface area contributed by atoms with Crippen LogP contribution in [0.2, 0.25) is 0 Å². The van der Waals surface area contributed by atoms with Gasteiger partial charge in [-0.1, -0.05) is 6.07 Å². The van der Waals surface area contributed by atoms with E-state index in [1.807, 2.05) is 41.1 Å². The Hall–Kier alpha value is -3.48. The molecule has 0 atom stereocenters. The first-order valence-corrected chi connectivity index (χ1v) is 9.17. The molecule has 0 saturated heterocycles. The minimum atomic E-state index is -0.0401. The fourth-order valence-electron chi connectivity index (χ4n) is 3.67. The summed E-state index contributed by atoms with van der Waals surface area (Å²) in [5.74, 6) is 2.64. The van der Waals surface area contributed by atoms with Crippen molar-refractivity contribution in [3.8, 4) is 34.3 Å². The number of benzene rings is 2. The molecule has 0 aliphatic carbocycles. The number of imidazole rings is 1. The van der Waals surface area contributed by atoms with Gasteiger partial charge in [0.25, 0.3) is 5.91 Å². The highest BCUT2D eigenvalue weighted by Gasteiger charge is 2.22. The van der Waals surface area contributed by atoms with Crippen molar-refractivity contribution in [1.29, 1.82) is 0 Å². The molecular formula is C21H19N3O4. The molecule has 7 heteroatoms. The van der Waals surface area contributed by atoms with Crippen LogP contribution >= 0.6 is 0 Å². The van der Waals surface area contributed by atoms with Gasteiger partial charge in [0.15, 0.2) is 11.5 Å². The number of ether oxygens (including phenoxy) is 3. The molecule has 3 aromatic rings. The van der Waals surface area contributed by atoms with Crippen LogP contribution in [0.3, 0.4) is 0 Å². The minimum Gasteiger partial charge on any atom is -0.496 e. The van der Waals surface area contributed by atoms with Crippen LogP contribution in [0.1, 0.15) is 15.9 Å².